The SMILES string of the molecule is NC1CCC(n2cc(-c3cnc4[nH]cc([C@H](CF)c5c(OC(F)F)ccc(F)c5Cl)c4c3)cn2)CC1. The van der Waals surface area contributed by atoms with E-state index in [1.54, 1.807) is 12.4 Å². The van der Waals surface area contributed by atoms with Gasteiger partial charge in [-0.05, 0) is 49.4 Å². The molecule has 3 N–H and O–H groups in total. The van der Waals surface area contributed by atoms with E-state index >= 15 is 0 Å². The summed E-state index contributed by atoms with van der Waals surface area (Å²) in [7, 11) is 0. The summed E-state index contributed by atoms with van der Waals surface area (Å²) in [6.07, 6.45) is 10.7. The van der Waals surface area contributed by atoms with E-state index in [1.165, 1.54) is 6.20 Å². The molecule has 4 aromatic rings. The number of nitrogens with zero attached hydrogens (tertiary/aromatic N) is 3. The smallest absolute Gasteiger partial charge is 0.387 e. The van der Waals surface area contributed by atoms with Crippen molar-refractivity contribution in [3.63, 3.8) is 0 Å². The Balaban J connectivity index is 1.53. The average molecular weight is 522 g/mol. The van der Waals surface area contributed by atoms with Crippen LogP contribution in [0, 0.1) is 5.82 Å². The van der Waals surface area contributed by atoms with E-state index in [1.807, 2.05) is 16.9 Å². The summed E-state index contributed by atoms with van der Waals surface area (Å²) in [4.78, 5) is 7.41. The minimum absolute atomic E-state index is 0.186. The van der Waals surface area contributed by atoms with Crippen LogP contribution in [0.15, 0.2) is 43.0 Å². The highest BCUT2D eigenvalue weighted by atomic mass is 35.5. The van der Waals surface area contributed by atoms with Crippen molar-refractivity contribution >= 4 is 22.6 Å². The van der Waals surface area contributed by atoms with Crippen LogP contribution in [0.25, 0.3) is 22.2 Å². The van der Waals surface area contributed by atoms with E-state index in [-0.39, 0.29) is 23.4 Å². The van der Waals surface area contributed by atoms with Gasteiger partial charge in [0.15, 0.2) is 0 Å². The van der Waals surface area contributed by atoms with Crippen LogP contribution in [0.2, 0.25) is 5.02 Å². The van der Waals surface area contributed by atoms with Gasteiger partial charge < -0.3 is 15.5 Å². The van der Waals surface area contributed by atoms with Gasteiger partial charge in [-0.25, -0.2) is 9.37 Å². The lowest BCUT2D eigenvalue weighted by atomic mass is 9.91. The Kier molecular flexibility index (Phi) is 6.90. The number of benzene rings is 1. The molecule has 11 heteroatoms. The summed E-state index contributed by atoms with van der Waals surface area (Å²) in [6, 6.07) is 4.26. The van der Waals surface area contributed by atoms with E-state index < -0.39 is 30.0 Å². The third-order valence-electron chi connectivity index (χ3n) is 6.80. The molecule has 3 aromatic heterocycles. The van der Waals surface area contributed by atoms with Crippen molar-refractivity contribution in [1.82, 2.24) is 19.7 Å². The van der Waals surface area contributed by atoms with Crippen molar-refractivity contribution in [3.8, 4) is 16.9 Å². The predicted molar refractivity (Wildman–Crippen MR) is 129 cm³/mol. The van der Waals surface area contributed by atoms with Crippen molar-refractivity contribution in [2.75, 3.05) is 6.67 Å². The van der Waals surface area contributed by atoms with Gasteiger partial charge in [0.05, 0.1) is 17.3 Å². The van der Waals surface area contributed by atoms with Crippen molar-refractivity contribution in [2.24, 2.45) is 5.73 Å². The molecule has 0 amide bonds. The van der Waals surface area contributed by atoms with Gasteiger partial charge in [-0.1, -0.05) is 11.6 Å². The normalized spacial score (nSPS) is 19.2. The van der Waals surface area contributed by atoms with Crippen molar-refractivity contribution in [3.05, 3.63) is 65.0 Å². The first-order chi connectivity index (χ1) is 17.4. The molecule has 36 heavy (non-hydrogen) atoms. The average Bonchev–Trinajstić information content (AvgIpc) is 3.51. The Bertz CT molecular complexity index is 1370. The van der Waals surface area contributed by atoms with Gasteiger partial charge in [0.1, 0.15) is 23.9 Å². The Morgan fingerprint density at radius 1 is 1.17 bits per heavy atom. The first-order valence-corrected chi connectivity index (χ1v) is 12.0. The second-order valence-electron chi connectivity index (χ2n) is 9.00. The fourth-order valence-electron chi connectivity index (χ4n) is 4.91. The molecular formula is C25H24ClF4N5O. The quantitative estimate of drug-likeness (QED) is 0.277. The van der Waals surface area contributed by atoms with Crippen LogP contribution < -0.4 is 10.5 Å². The minimum atomic E-state index is -3.18. The van der Waals surface area contributed by atoms with Crippen LogP contribution in [-0.4, -0.2) is 39.1 Å². The summed E-state index contributed by atoms with van der Waals surface area (Å²) in [5.74, 6) is -2.41. The first kappa shape index (κ1) is 24.6. The van der Waals surface area contributed by atoms with Crippen LogP contribution in [0.5, 0.6) is 5.75 Å². The molecule has 190 valence electrons. The number of aromatic nitrogens is 4. The molecule has 3 heterocycles. The second kappa shape index (κ2) is 10.1. The van der Waals surface area contributed by atoms with Crippen molar-refractivity contribution in [2.45, 2.75) is 50.3 Å². The fraction of sp³-hybridized carbons (Fsp3) is 0.360. The molecule has 0 spiro atoms. The number of nitrogens with one attached hydrogen (secondary N) is 1. The predicted octanol–water partition coefficient (Wildman–Crippen LogP) is 6.36. The third-order valence-corrected chi connectivity index (χ3v) is 7.18. The third kappa shape index (κ3) is 4.67. The zero-order chi connectivity index (χ0) is 25.4. The van der Waals surface area contributed by atoms with Crippen LogP contribution in [0.1, 0.15) is 48.8 Å². The van der Waals surface area contributed by atoms with Gasteiger partial charge in [0.25, 0.3) is 0 Å². The molecule has 0 unspecified atom stereocenters. The molecule has 1 fully saturated rings. The summed E-state index contributed by atoms with van der Waals surface area (Å²) in [6.45, 7) is -4.21. The molecule has 0 radical (unpaired) electrons. The standard InChI is InChI=1S/C25H24ClF4N5O/c26-23-20(28)5-6-21(36-25(29)30)22(23)18(8-27)19-11-33-24-17(19)7-13(9-32-24)14-10-34-35(12-14)16-3-1-15(31)2-4-16/h5-7,9-12,15-16,18,25H,1-4,8,31H2,(H,32,33)/t15?,16?,18-/m0/s1. The maximum absolute atomic E-state index is 14.4. The van der Waals surface area contributed by atoms with E-state index in [0.29, 0.717) is 16.6 Å². The second-order valence-corrected chi connectivity index (χ2v) is 9.38. The number of ether oxygens (including phenoxy) is 1. The maximum atomic E-state index is 14.4. The topological polar surface area (TPSA) is 81.8 Å². The molecular weight excluding hydrogens is 498 g/mol. The molecule has 0 aliphatic heterocycles. The highest BCUT2D eigenvalue weighted by Crippen LogP contribution is 2.42. The molecule has 5 rings (SSSR count). The van der Waals surface area contributed by atoms with E-state index in [0.717, 1.165) is 48.9 Å². The molecule has 1 aliphatic carbocycles. The fourth-order valence-corrected chi connectivity index (χ4v) is 5.20. The molecule has 6 nitrogen and oxygen atoms in total. The van der Waals surface area contributed by atoms with Gasteiger partial charge in [-0.15, -0.1) is 0 Å². The molecule has 0 saturated heterocycles. The number of halogens is 5. The summed E-state index contributed by atoms with van der Waals surface area (Å²) in [5, 5.41) is 4.61. The number of alkyl halides is 3. The van der Waals surface area contributed by atoms with Gasteiger partial charge in [0.2, 0.25) is 0 Å². The van der Waals surface area contributed by atoms with Crippen molar-refractivity contribution < 1.29 is 22.3 Å². The van der Waals surface area contributed by atoms with E-state index in [9.17, 15) is 17.6 Å². The lowest BCUT2D eigenvalue weighted by Crippen LogP contribution is -2.27. The monoisotopic (exact) mass is 521 g/mol. The summed E-state index contributed by atoms with van der Waals surface area (Å²) in [5.41, 5.74) is 8.25. The van der Waals surface area contributed by atoms with Gasteiger partial charge in [-0.2, -0.15) is 13.9 Å². The number of hydrogen-bond acceptors (Lipinski definition) is 4. The highest BCUT2D eigenvalue weighted by molar-refractivity contribution is 6.31. The lowest BCUT2D eigenvalue weighted by Gasteiger charge is -2.26. The number of H-pyrrole nitrogens is 1. The molecule has 0 bridgehead atoms. The van der Waals surface area contributed by atoms with E-state index in [2.05, 4.69) is 19.8 Å². The van der Waals surface area contributed by atoms with E-state index in [4.69, 9.17) is 17.3 Å². The Hall–Kier alpha value is -3.11. The molecule has 1 aliphatic rings. The van der Waals surface area contributed by atoms with Crippen LogP contribution in [0.3, 0.4) is 0 Å². The minimum Gasteiger partial charge on any atom is -0.434 e. The van der Waals surface area contributed by atoms with Gasteiger partial charge in [-0.3, -0.25) is 9.07 Å². The Labute approximate surface area is 209 Å². The van der Waals surface area contributed by atoms with Crippen LogP contribution in [0.4, 0.5) is 17.6 Å². The summed E-state index contributed by atoms with van der Waals surface area (Å²) >= 11 is 6.12. The number of fused-ring (bicyclic) bond motifs is 1. The molecule has 1 atom stereocenters. The number of pyridine rings is 1. The van der Waals surface area contributed by atoms with Gasteiger partial charge >= 0.3 is 6.61 Å². The maximum Gasteiger partial charge on any atom is 0.387 e. The zero-order valence-corrected chi connectivity index (χ0v) is 19.9. The number of aromatic amines is 1. The van der Waals surface area contributed by atoms with Crippen molar-refractivity contribution in [1.29, 1.82) is 0 Å². The van der Waals surface area contributed by atoms with Gasteiger partial charge in [0, 0.05) is 52.6 Å². The lowest BCUT2D eigenvalue weighted by molar-refractivity contribution is -0.0506. The Morgan fingerprint density at radius 3 is 2.67 bits per heavy atom. The number of rotatable bonds is 7. The number of nitrogens with two attached hydrogens (primary N) is 1. The first-order valence-electron chi connectivity index (χ1n) is 11.6. The molecule has 1 saturated carbocycles. The molecule has 1 aromatic carbocycles. The summed E-state index contributed by atoms with van der Waals surface area (Å²) < 4.78 is 61.2. The number of hydrogen-bond donors (Lipinski definition) is 2. The zero-order valence-electron chi connectivity index (χ0n) is 19.1. The largest absolute Gasteiger partial charge is 0.434 e. The van der Waals surface area contributed by atoms with Crippen LogP contribution >= 0.6 is 11.6 Å². The van der Waals surface area contributed by atoms with Crippen LogP contribution in [-0.2, 0) is 0 Å². The Morgan fingerprint density at radius 2 is 1.94 bits per heavy atom. The highest BCUT2D eigenvalue weighted by Gasteiger charge is 2.28.